The average Bonchev–Trinajstić information content (AvgIpc) is 2.46. The number of nitrogens with zero attached hydrogens (tertiary/aromatic N) is 1. The van der Waals surface area contributed by atoms with E-state index in [-0.39, 0.29) is 12.1 Å². The molecule has 1 atom stereocenters. The van der Waals surface area contributed by atoms with Crippen molar-refractivity contribution in [1.82, 2.24) is 0 Å². The minimum Gasteiger partial charge on any atom is -0.493 e. The van der Waals surface area contributed by atoms with E-state index in [0.29, 0.717) is 11.5 Å². The molecule has 5 nitrogen and oxygen atoms in total. The maximum absolute atomic E-state index is 11.1. The van der Waals surface area contributed by atoms with Crippen molar-refractivity contribution in [3.63, 3.8) is 0 Å². The van der Waals surface area contributed by atoms with Crippen molar-refractivity contribution in [2.45, 2.75) is 25.9 Å². The summed E-state index contributed by atoms with van der Waals surface area (Å²) in [5.74, 6) is 1.20. The highest BCUT2D eigenvalue weighted by atomic mass is 16.5. The SMILES string of the molecule is COc1ccc(N2CCCC(OC(C)=O)C2)cc1OC. The quantitative estimate of drug-likeness (QED) is 0.791. The number of piperidine rings is 1. The van der Waals surface area contributed by atoms with Gasteiger partial charge in [-0.05, 0) is 25.0 Å². The molecular formula is C15H21NO4. The van der Waals surface area contributed by atoms with E-state index in [0.717, 1.165) is 31.6 Å². The van der Waals surface area contributed by atoms with E-state index in [1.54, 1.807) is 14.2 Å². The molecule has 1 unspecified atom stereocenters. The van der Waals surface area contributed by atoms with Crippen LogP contribution in [0.1, 0.15) is 19.8 Å². The summed E-state index contributed by atoms with van der Waals surface area (Å²) in [5, 5.41) is 0. The van der Waals surface area contributed by atoms with E-state index in [9.17, 15) is 4.79 Å². The Morgan fingerprint density at radius 1 is 1.25 bits per heavy atom. The summed E-state index contributed by atoms with van der Waals surface area (Å²) in [7, 11) is 3.24. The van der Waals surface area contributed by atoms with Crippen LogP contribution in [0.2, 0.25) is 0 Å². The normalized spacial score (nSPS) is 18.6. The Morgan fingerprint density at radius 2 is 2.00 bits per heavy atom. The van der Waals surface area contributed by atoms with Gasteiger partial charge in [-0.15, -0.1) is 0 Å². The van der Waals surface area contributed by atoms with Gasteiger partial charge < -0.3 is 19.1 Å². The predicted octanol–water partition coefficient (Wildman–Crippen LogP) is 2.24. The third kappa shape index (κ3) is 3.35. The third-order valence-corrected chi connectivity index (χ3v) is 3.44. The molecule has 1 aromatic rings. The topological polar surface area (TPSA) is 48.0 Å². The van der Waals surface area contributed by atoms with Crippen molar-refractivity contribution >= 4 is 11.7 Å². The first-order valence-corrected chi connectivity index (χ1v) is 6.78. The fraction of sp³-hybridized carbons (Fsp3) is 0.533. The minimum atomic E-state index is -0.218. The summed E-state index contributed by atoms with van der Waals surface area (Å²) in [5.41, 5.74) is 1.06. The number of rotatable bonds is 4. The van der Waals surface area contributed by atoms with E-state index < -0.39 is 0 Å². The molecule has 0 N–H and O–H groups in total. The second kappa shape index (κ2) is 6.50. The molecule has 110 valence electrons. The van der Waals surface area contributed by atoms with Gasteiger partial charge in [-0.25, -0.2) is 0 Å². The third-order valence-electron chi connectivity index (χ3n) is 3.44. The highest BCUT2D eigenvalue weighted by molar-refractivity contribution is 5.66. The second-order valence-corrected chi connectivity index (χ2v) is 4.86. The number of benzene rings is 1. The molecule has 1 fully saturated rings. The molecule has 1 aliphatic rings. The Balaban J connectivity index is 2.12. The van der Waals surface area contributed by atoms with Crippen molar-refractivity contribution in [3.8, 4) is 11.5 Å². The maximum atomic E-state index is 11.1. The first kappa shape index (κ1) is 14.5. The lowest BCUT2D eigenvalue weighted by Gasteiger charge is -2.34. The number of carbonyl (C=O) groups excluding carboxylic acids is 1. The van der Waals surface area contributed by atoms with Crippen molar-refractivity contribution in [3.05, 3.63) is 18.2 Å². The zero-order chi connectivity index (χ0) is 14.5. The van der Waals surface area contributed by atoms with E-state index in [2.05, 4.69) is 4.90 Å². The van der Waals surface area contributed by atoms with Gasteiger partial charge in [-0.3, -0.25) is 4.79 Å². The molecule has 1 aliphatic heterocycles. The lowest BCUT2D eigenvalue weighted by atomic mass is 10.1. The van der Waals surface area contributed by atoms with Gasteiger partial charge in [-0.2, -0.15) is 0 Å². The van der Waals surface area contributed by atoms with E-state index in [1.165, 1.54) is 6.92 Å². The van der Waals surface area contributed by atoms with Crippen LogP contribution >= 0.6 is 0 Å². The number of carbonyl (C=O) groups is 1. The van der Waals surface area contributed by atoms with Crippen LogP contribution in [-0.4, -0.2) is 39.4 Å². The minimum absolute atomic E-state index is 0.0330. The monoisotopic (exact) mass is 279 g/mol. The standard InChI is InChI=1S/C15H21NO4/c1-11(17)20-13-5-4-8-16(10-13)12-6-7-14(18-2)15(9-12)19-3/h6-7,9,13H,4-5,8,10H2,1-3H3. The molecule has 2 rings (SSSR count). The van der Waals surface area contributed by atoms with E-state index >= 15 is 0 Å². The van der Waals surface area contributed by atoms with Gasteiger partial charge in [0.1, 0.15) is 6.10 Å². The lowest BCUT2D eigenvalue weighted by Crippen LogP contribution is -2.40. The molecule has 20 heavy (non-hydrogen) atoms. The Bertz CT molecular complexity index is 475. The van der Waals surface area contributed by atoms with Gasteiger partial charge in [0.05, 0.1) is 20.8 Å². The molecule has 5 heteroatoms. The summed E-state index contributed by atoms with van der Waals surface area (Å²) < 4.78 is 15.9. The molecule has 1 heterocycles. The Kier molecular flexibility index (Phi) is 4.71. The second-order valence-electron chi connectivity index (χ2n) is 4.86. The summed E-state index contributed by atoms with van der Waals surface area (Å²) in [4.78, 5) is 13.3. The van der Waals surface area contributed by atoms with Crippen LogP contribution in [0.3, 0.4) is 0 Å². The largest absolute Gasteiger partial charge is 0.493 e. The van der Waals surface area contributed by atoms with Crippen LogP contribution in [0.15, 0.2) is 18.2 Å². The maximum Gasteiger partial charge on any atom is 0.302 e. The number of methoxy groups -OCH3 is 2. The van der Waals surface area contributed by atoms with Gasteiger partial charge in [-0.1, -0.05) is 0 Å². The van der Waals surface area contributed by atoms with Gasteiger partial charge in [0.2, 0.25) is 0 Å². The summed E-state index contributed by atoms with van der Waals surface area (Å²) in [6.07, 6.45) is 1.89. The molecule has 1 saturated heterocycles. The zero-order valence-corrected chi connectivity index (χ0v) is 12.2. The number of esters is 1. The first-order chi connectivity index (χ1) is 9.63. The van der Waals surface area contributed by atoms with Gasteiger partial charge in [0.25, 0.3) is 0 Å². The van der Waals surface area contributed by atoms with Crippen molar-refractivity contribution in [2.75, 3.05) is 32.2 Å². The Labute approximate surface area is 119 Å². The molecule has 0 aliphatic carbocycles. The molecule has 0 saturated carbocycles. The molecular weight excluding hydrogens is 258 g/mol. The molecule has 0 spiro atoms. The fourth-order valence-electron chi connectivity index (χ4n) is 2.53. The van der Waals surface area contributed by atoms with Crippen LogP contribution in [0.5, 0.6) is 11.5 Å². The van der Waals surface area contributed by atoms with Gasteiger partial charge >= 0.3 is 5.97 Å². The highest BCUT2D eigenvalue weighted by Gasteiger charge is 2.23. The average molecular weight is 279 g/mol. The summed E-state index contributed by atoms with van der Waals surface area (Å²) in [6.45, 7) is 3.12. The van der Waals surface area contributed by atoms with Crippen LogP contribution in [0, 0.1) is 0 Å². The zero-order valence-electron chi connectivity index (χ0n) is 12.2. The molecule has 0 amide bonds. The highest BCUT2D eigenvalue weighted by Crippen LogP contribution is 2.32. The van der Waals surface area contributed by atoms with Crippen LogP contribution in [-0.2, 0) is 9.53 Å². The molecule has 0 aromatic heterocycles. The fourth-order valence-corrected chi connectivity index (χ4v) is 2.53. The number of hydrogen-bond donors (Lipinski definition) is 0. The van der Waals surface area contributed by atoms with Crippen LogP contribution in [0.25, 0.3) is 0 Å². The van der Waals surface area contributed by atoms with Gasteiger partial charge in [0, 0.05) is 25.2 Å². The van der Waals surface area contributed by atoms with Crippen LogP contribution < -0.4 is 14.4 Å². The molecule has 1 aromatic carbocycles. The van der Waals surface area contributed by atoms with E-state index in [1.807, 2.05) is 18.2 Å². The van der Waals surface area contributed by atoms with Crippen molar-refractivity contribution < 1.29 is 19.0 Å². The number of hydrogen-bond acceptors (Lipinski definition) is 5. The Morgan fingerprint density at radius 3 is 2.65 bits per heavy atom. The summed E-state index contributed by atoms with van der Waals surface area (Å²) >= 11 is 0. The van der Waals surface area contributed by atoms with Gasteiger partial charge in [0.15, 0.2) is 11.5 Å². The summed E-state index contributed by atoms with van der Waals surface area (Å²) in [6, 6.07) is 5.84. The molecule has 0 bridgehead atoms. The number of anilines is 1. The molecule has 0 radical (unpaired) electrons. The predicted molar refractivity (Wildman–Crippen MR) is 76.5 cm³/mol. The van der Waals surface area contributed by atoms with Crippen molar-refractivity contribution in [1.29, 1.82) is 0 Å². The Hall–Kier alpha value is -1.91. The smallest absolute Gasteiger partial charge is 0.302 e. The lowest BCUT2D eigenvalue weighted by molar-refractivity contribution is -0.146. The first-order valence-electron chi connectivity index (χ1n) is 6.78. The number of ether oxygens (including phenoxy) is 3. The van der Waals surface area contributed by atoms with Crippen LogP contribution in [0.4, 0.5) is 5.69 Å². The van der Waals surface area contributed by atoms with E-state index in [4.69, 9.17) is 14.2 Å². The van der Waals surface area contributed by atoms with Crippen molar-refractivity contribution in [2.24, 2.45) is 0 Å².